The van der Waals surface area contributed by atoms with Crippen molar-refractivity contribution < 1.29 is 19.4 Å². The SMILES string of the molecule is COc1cc(NC(=O)C(C)C)c(Cl)cc1C(=O)O. The third-order valence-corrected chi connectivity index (χ3v) is 2.61. The number of carboxylic acid groups (broad SMARTS) is 1. The van der Waals surface area contributed by atoms with Crippen molar-refractivity contribution in [2.45, 2.75) is 13.8 Å². The zero-order valence-electron chi connectivity index (χ0n) is 10.3. The van der Waals surface area contributed by atoms with Gasteiger partial charge < -0.3 is 15.2 Å². The second-order valence-corrected chi connectivity index (χ2v) is 4.39. The van der Waals surface area contributed by atoms with E-state index in [0.717, 1.165) is 0 Å². The predicted octanol–water partition coefficient (Wildman–Crippen LogP) is 2.64. The van der Waals surface area contributed by atoms with Gasteiger partial charge in [0.15, 0.2) is 0 Å². The van der Waals surface area contributed by atoms with Gasteiger partial charge >= 0.3 is 5.97 Å². The van der Waals surface area contributed by atoms with Gasteiger partial charge in [0.1, 0.15) is 11.3 Å². The first-order valence-corrected chi connectivity index (χ1v) is 5.66. The van der Waals surface area contributed by atoms with Crippen LogP contribution in [0.1, 0.15) is 24.2 Å². The molecule has 0 radical (unpaired) electrons. The van der Waals surface area contributed by atoms with Gasteiger partial charge in [-0.05, 0) is 6.07 Å². The molecule has 2 N–H and O–H groups in total. The number of hydrogen-bond donors (Lipinski definition) is 2. The zero-order valence-corrected chi connectivity index (χ0v) is 11.0. The van der Waals surface area contributed by atoms with Crippen LogP contribution in [-0.4, -0.2) is 24.1 Å². The molecule has 0 saturated carbocycles. The van der Waals surface area contributed by atoms with Crippen LogP contribution in [0.5, 0.6) is 5.75 Å². The number of benzene rings is 1. The second kappa shape index (κ2) is 5.73. The largest absolute Gasteiger partial charge is 0.496 e. The molecule has 1 rings (SSSR count). The number of ether oxygens (including phenoxy) is 1. The van der Waals surface area contributed by atoms with Gasteiger partial charge in [-0.3, -0.25) is 4.79 Å². The molecular weight excluding hydrogens is 258 g/mol. The fraction of sp³-hybridized carbons (Fsp3) is 0.333. The van der Waals surface area contributed by atoms with E-state index in [1.165, 1.54) is 19.2 Å². The van der Waals surface area contributed by atoms with Crippen molar-refractivity contribution in [1.82, 2.24) is 0 Å². The lowest BCUT2D eigenvalue weighted by atomic mass is 10.1. The van der Waals surface area contributed by atoms with E-state index in [9.17, 15) is 9.59 Å². The molecule has 0 bridgehead atoms. The van der Waals surface area contributed by atoms with Crippen molar-refractivity contribution in [2.75, 3.05) is 12.4 Å². The van der Waals surface area contributed by atoms with Crippen molar-refractivity contribution in [3.05, 3.63) is 22.7 Å². The minimum Gasteiger partial charge on any atom is -0.496 e. The third-order valence-electron chi connectivity index (χ3n) is 2.30. The Balaban J connectivity index is 3.15. The van der Waals surface area contributed by atoms with Gasteiger partial charge in [0.25, 0.3) is 0 Å². The number of amides is 1. The van der Waals surface area contributed by atoms with Crippen LogP contribution in [0.4, 0.5) is 5.69 Å². The molecule has 0 aliphatic carbocycles. The smallest absolute Gasteiger partial charge is 0.339 e. The number of carboxylic acids is 1. The van der Waals surface area contributed by atoms with Crippen molar-refractivity contribution in [3.63, 3.8) is 0 Å². The molecule has 0 aliphatic rings. The zero-order chi connectivity index (χ0) is 13.9. The van der Waals surface area contributed by atoms with Crippen LogP contribution in [0, 0.1) is 5.92 Å². The molecular formula is C12H14ClNO4. The number of anilines is 1. The molecule has 1 aromatic carbocycles. The monoisotopic (exact) mass is 271 g/mol. The Bertz CT molecular complexity index is 485. The highest BCUT2D eigenvalue weighted by Gasteiger charge is 2.17. The van der Waals surface area contributed by atoms with Crippen molar-refractivity contribution in [1.29, 1.82) is 0 Å². The van der Waals surface area contributed by atoms with E-state index in [0.29, 0.717) is 5.69 Å². The van der Waals surface area contributed by atoms with Gasteiger partial charge in [-0.25, -0.2) is 4.79 Å². The summed E-state index contributed by atoms with van der Waals surface area (Å²) in [5, 5.41) is 11.7. The van der Waals surface area contributed by atoms with Crippen LogP contribution >= 0.6 is 11.6 Å². The number of nitrogens with one attached hydrogen (secondary N) is 1. The maximum absolute atomic E-state index is 11.6. The fourth-order valence-corrected chi connectivity index (χ4v) is 1.47. The van der Waals surface area contributed by atoms with E-state index >= 15 is 0 Å². The highest BCUT2D eigenvalue weighted by atomic mass is 35.5. The van der Waals surface area contributed by atoms with Gasteiger partial charge in [-0.15, -0.1) is 0 Å². The predicted molar refractivity (Wildman–Crippen MR) is 68.4 cm³/mol. The highest BCUT2D eigenvalue weighted by molar-refractivity contribution is 6.34. The third kappa shape index (κ3) is 3.13. The fourth-order valence-electron chi connectivity index (χ4n) is 1.26. The summed E-state index contributed by atoms with van der Waals surface area (Å²) in [5.74, 6) is -1.41. The van der Waals surface area contributed by atoms with Crippen LogP contribution in [0.2, 0.25) is 5.02 Å². The minimum atomic E-state index is -1.14. The Hall–Kier alpha value is -1.75. The summed E-state index contributed by atoms with van der Waals surface area (Å²) >= 11 is 5.92. The van der Waals surface area contributed by atoms with Gasteiger partial charge in [0.2, 0.25) is 5.91 Å². The normalized spacial score (nSPS) is 10.3. The van der Waals surface area contributed by atoms with Crippen LogP contribution in [0.3, 0.4) is 0 Å². The molecule has 0 spiro atoms. The molecule has 0 saturated heterocycles. The minimum absolute atomic E-state index is 0.0509. The first-order chi connectivity index (χ1) is 8.36. The lowest BCUT2D eigenvalue weighted by molar-refractivity contribution is -0.118. The van der Waals surface area contributed by atoms with E-state index in [1.54, 1.807) is 13.8 Å². The van der Waals surface area contributed by atoms with Crippen LogP contribution in [0.25, 0.3) is 0 Å². The van der Waals surface area contributed by atoms with E-state index in [4.69, 9.17) is 21.4 Å². The summed E-state index contributed by atoms with van der Waals surface area (Å²) < 4.78 is 4.95. The van der Waals surface area contributed by atoms with Crippen LogP contribution in [-0.2, 0) is 4.79 Å². The summed E-state index contributed by atoms with van der Waals surface area (Å²) in [5.41, 5.74) is 0.280. The molecule has 5 nitrogen and oxygen atoms in total. The number of aromatic carboxylic acids is 1. The topological polar surface area (TPSA) is 75.6 Å². The molecule has 98 valence electrons. The maximum Gasteiger partial charge on any atom is 0.339 e. The molecule has 6 heteroatoms. The standard InChI is InChI=1S/C12H14ClNO4/c1-6(2)11(15)14-9-5-10(18-3)7(12(16)17)4-8(9)13/h4-6H,1-3H3,(H,14,15)(H,16,17). The first kappa shape index (κ1) is 14.3. The maximum atomic E-state index is 11.6. The first-order valence-electron chi connectivity index (χ1n) is 5.28. The lowest BCUT2D eigenvalue weighted by Crippen LogP contribution is -2.18. The Morgan fingerprint density at radius 1 is 1.39 bits per heavy atom. The van der Waals surface area contributed by atoms with E-state index in [2.05, 4.69) is 5.32 Å². The highest BCUT2D eigenvalue weighted by Crippen LogP contribution is 2.31. The van der Waals surface area contributed by atoms with Crippen molar-refractivity contribution in [3.8, 4) is 5.75 Å². The van der Waals surface area contributed by atoms with Gasteiger partial charge in [-0.1, -0.05) is 25.4 Å². The van der Waals surface area contributed by atoms with E-state index in [-0.39, 0.29) is 28.2 Å². The second-order valence-electron chi connectivity index (χ2n) is 3.98. The summed E-state index contributed by atoms with van der Waals surface area (Å²) in [6, 6.07) is 2.64. The average Bonchev–Trinajstić information content (AvgIpc) is 2.30. The Morgan fingerprint density at radius 3 is 2.44 bits per heavy atom. The number of carbonyl (C=O) groups is 2. The molecule has 0 aliphatic heterocycles. The molecule has 0 heterocycles. The lowest BCUT2D eigenvalue weighted by Gasteiger charge is -2.12. The Morgan fingerprint density at radius 2 is 2.00 bits per heavy atom. The van der Waals surface area contributed by atoms with Crippen LogP contribution < -0.4 is 10.1 Å². The average molecular weight is 272 g/mol. The quantitative estimate of drug-likeness (QED) is 0.883. The number of halogens is 1. The van der Waals surface area contributed by atoms with Crippen molar-refractivity contribution >= 4 is 29.2 Å². The number of rotatable bonds is 4. The molecule has 1 aromatic rings. The van der Waals surface area contributed by atoms with Crippen LogP contribution in [0.15, 0.2) is 12.1 Å². The summed E-state index contributed by atoms with van der Waals surface area (Å²) in [6.45, 7) is 3.48. The molecule has 0 fully saturated rings. The Kier molecular flexibility index (Phi) is 4.55. The Labute approximate surface area is 110 Å². The summed E-state index contributed by atoms with van der Waals surface area (Å²) in [7, 11) is 1.35. The molecule has 18 heavy (non-hydrogen) atoms. The van der Waals surface area contributed by atoms with E-state index < -0.39 is 5.97 Å². The number of carbonyl (C=O) groups excluding carboxylic acids is 1. The molecule has 0 atom stereocenters. The van der Waals surface area contributed by atoms with E-state index in [1.807, 2.05) is 0 Å². The van der Waals surface area contributed by atoms with Gasteiger partial charge in [0.05, 0.1) is 17.8 Å². The number of hydrogen-bond acceptors (Lipinski definition) is 3. The van der Waals surface area contributed by atoms with Gasteiger partial charge in [-0.2, -0.15) is 0 Å². The molecule has 1 amide bonds. The summed E-state index contributed by atoms with van der Waals surface area (Å²) in [6.07, 6.45) is 0. The molecule has 0 unspecified atom stereocenters. The van der Waals surface area contributed by atoms with Crippen molar-refractivity contribution in [2.24, 2.45) is 5.92 Å². The van der Waals surface area contributed by atoms with Gasteiger partial charge in [0, 0.05) is 12.0 Å². The summed E-state index contributed by atoms with van der Waals surface area (Å²) in [4.78, 5) is 22.5. The number of methoxy groups -OCH3 is 1. The molecule has 0 aromatic heterocycles.